The highest BCUT2D eigenvalue weighted by molar-refractivity contribution is 5.66. The Hall–Kier alpha value is -1.13. The van der Waals surface area contributed by atoms with Crippen molar-refractivity contribution in [2.75, 3.05) is 19.8 Å². The van der Waals surface area contributed by atoms with Crippen LogP contribution in [0.4, 0.5) is 0 Å². The minimum atomic E-state index is -1.80. The Balaban J connectivity index is 0.000000442. The van der Waals surface area contributed by atoms with Crippen molar-refractivity contribution in [1.29, 1.82) is 0 Å². The van der Waals surface area contributed by atoms with E-state index >= 15 is 0 Å². The number of unbranched alkanes of at least 4 members (excludes halogenated alkanes) is 12. The smallest absolute Gasteiger partial charge is 0.303 e. The lowest BCUT2D eigenvalue weighted by Gasteiger charge is -2.48. The van der Waals surface area contributed by atoms with Gasteiger partial charge in [-0.05, 0) is 12.8 Å². The third kappa shape index (κ3) is 14.5. The van der Waals surface area contributed by atoms with E-state index in [9.17, 15) is 61.0 Å². The van der Waals surface area contributed by atoms with Crippen LogP contribution in [0.5, 0.6) is 0 Å². The summed E-state index contributed by atoms with van der Waals surface area (Å²) in [5.41, 5.74) is 0. The zero-order valence-corrected chi connectivity index (χ0v) is 30.3. The molecule has 15 atom stereocenters. The molecule has 0 spiro atoms. The van der Waals surface area contributed by atoms with Crippen LogP contribution in [0.15, 0.2) is 0 Å². The summed E-state index contributed by atoms with van der Waals surface area (Å²) in [4.78, 5) is 10.3. The number of hydrogen-bond acceptors (Lipinski definition) is 16. The van der Waals surface area contributed by atoms with Gasteiger partial charge in [-0.25, -0.2) is 0 Å². The molecule has 15 unspecified atom stereocenters. The van der Waals surface area contributed by atoms with E-state index < -0.39 is 118 Å². The lowest BCUT2D eigenvalue weighted by molar-refractivity contribution is -0.353. The molecule has 3 fully saturated rings. The Kier molecular flexibility index (Phi) is 22.7. The zero-order valence-electron chi connectivity index (χ0n) is 30.3. The van der Waals surface area contributed by atoms with E-state index in [2.05, 4.69) is 6.92 Å². The van der Waals surface area contributed by atoms with Crippen molar-refractivity contribution in [2.45, 2.75) is 189 Å². The summed E-state index contributed by atoms with van der Waals surface area (Å²) in [5.74, 6) is -1.73. The van der Waals surface area contributed by atoms with Gasteiger partial charge in [0, 0.05) is 12.3 Å². The molecule has 3 aliphatic heterocycles. The molecule has 17 nitrogen and oxygen atoms in total. The molecule has 12 N–H and O–H groups in total. The first-order valence-corrected chi connectivity index (χ1v) is 18.9. The molecule has 0 saturated carbocycles. The molecule has 52 heavy (non-hydrogen) atoms. The normalized spacial score (nSPS) is 38.0. The fraction of sp³-hybridized carbons (Fsp3) is 0.971. The second kappa shape index (κ2) is 25.1. The van der Waals surface area contributed by atoms with Crippen molar-refractivity contribution >= 4 is 5.97 Å². The molecule has 3 rings (SSSR count). The highest BCUT2D eigenvalue weighted by atomic mass is 16.7. The van der Waals surface area contributed by atoms with Crippen molar-refractivity contribution in [3.8, 4) is 0 Å². The average molecular weight is 759 g/mol. The van der Waals surface area contributed by atoms with Gasteiger partial charge < -0.3 is 80.2 Å². The fourth-order valence-electron chi connectivity index (χ4n) is 6.90. The lowest BCUT2D eigenvalue weighted by atomic mass is 9.81. The van der Waals surface area contributed by atoms with Crippen LogP contribution in [0.2, 0.25) is 0 Å². The number of carboxylic acids is 1. The van der Waals surface area contributed by atoms with Crippen LogP contribution in [-0.2, 0) is 23.7 Å². The first-order chi connectivity index (χ1) is 24.8. The Morgan fingerprint density at radius 2 is 1.02 bits per heavy atom. The molecule has 3 aliphatic rings. The van der Waals surface area contributed by atoms with Gasteiger partial charge >= 0.3 is 5.97 Å². The minimum absolute atomic E-state index is 0.267. The van der Waals surface area contributed by atoms with E-state index in [0.717, 1.165) is 12.8 Å². The second-order valence-electron chi connectivity index (χ2n) is 14.2. The molecule has 0 amide bonds. The molecule has 0 aromatic heterocycles. The number of aliphatic hydroxyl groups is 11. The molecule has 0 aromatic carbocycles. The van der Waals surface area contributed by atoms with Crippen LogP contribution < -0.4 is 0 Å². The van der Waals surface area contributed by atoms with E-state index in [0.29, 0.717) is 6.42 Å². The molecule has 0 aromatic rings. The lowest BCUT2D eigenvalue weighted by Crippen LogP contribution is -2.64. The molecule has 0 bridgehead atoms. The number of aliphatic hydroxyl groups excluding tert-OH is 11. The summed E-state index contributed by atoms with van der Waals surface area (Å²) in [7, 11) is 0. The van der Waals surface area contributed by atoms with E-state index in [1.54, 1.807) is 0 Å². The van der Waals surface area contributed by atoms with Crippen molar-refractivity contribution in [3.05, 3.63) is 0 Å². The summed E-state index contributed by atoms with van der Waals surface area (Å²) in [6, 6.07) is 0. The highest BCUT2D eigenvalue weighted by Crippen LogP contribution is 2.35. The van der Waals surface area contributed by atoms with E-state index in [1.807, 2.05) is 0 Å². The maximum atomic E-state index is 10.7. The predicted octanol–water partition coefficient (Wildman–Crippen LogP) is -1.36. The monoisotopic (exact) mass is 758 g/mol. The number of aliphatic carboxylic acids is 1. The number of carboxylic acid groups (broad SMARTS) is 1. The molecular weight excluding hydrogens is 692 g/mol. The molecule has 3 heterocycles. The Labute approximate surface area is 305 Å². The van der Waals surface area contributed by atoms with Crippen molar-refractivity contribution in [2.24, 2.45) is 5.92 Å². The Morgan fingerprint density at radius 3 is 1.52 bits per heavy atom. The average Bonchev–Trinajstić information content (AvgIpc) is 3.13. The summed E-state index contributed by atoms with van der Waals surface area (Å²) in [6.07, 6.45) is -4.72. The Bertz CT molecular complexity index is 941. The summed E-state index contributed by atoms with van der Waals surface area (Å²) >= 11 is 0. The van der Waals surface area contributed by atoms with Gasteiger partial charge in [0.2, 0.25) is 0 Å². The van der Waals surface area contributed by atoms with Gasteiger partial charge in [-0.3, -0.25) is 4.79 Å². The first-order valence-electron chi connectivity index (χ1n) is 18.9. The van der Waals surface area contributed by atoms with Gasteiger partial charge in [-0.2, -0.15) is 0 Å². The van der Waals surface area contributed by atoms with Crippen molar-refractivity contribution < 1.29 is 85.0 Å². The van der Waals surface area contributed by atoms with E-state index in [1.165, 1.54) is 70.6 Å². The first kappa shape index (κ1) is 47.0. The molecular formula is C35H66O17. The molecule has 0 aliphatic carbocycles. The number of hydrogen-bond donors (Lipinski definition) is 12. The summed E-state index contributed by atoms with van der Waals surface area (Å²) in [6.45, 7) is 0.169. The van der Waals surface area contributed by atoms with Gasteiger partial charge in [0.1, 0.15) is 54.9 Å². The van der Waals surface area contributed by atoms with Gasteiger partial charge in [-0.15, -0.1) is 0 Å². The van der Waals surface area contributed by atoms with Crippen LogP contribution in [-0.4, -0.2) is 173 Å². The third-order valence-corrected chi connectivity index (χ3v) is 10.2. The fourth-order valence-corrected chi connectivity index (χ4v) is 6.90. The quantitative estimate of drug-likeness (QED) is 0.0602. The van der Waals surface area contributed by atoms with E-state index in [4.69, 9.17) is 24.1 Å². The van der Waals surface area contributed by atoms with Crippen LogP contribution in [0.25, 0.3) is 0 Å². The largest absolute Gasteiger partial charge is 0.481 e. The van der Waals surface area contributed by atoms with Crippen molar-refractivity contribution in [3.63, 3.8) is 0 Å². The Morgan fingerprint density at radius 1 is 0.519 bits per heavy atom. The predicted molar refractivity (Wildman–Crippen MR) is 182 cm³/mol. The van der Waals surface area contributed by atoms with Crippen LogP contribution >= 0.6 is 0 Å². The maximum absolute atomic E-state index is 10.7. The van der Waals surface area contributed by atoms with E-state index in [-0.39, 0.29) is 6.42 Å². The standard InChI is InChI=1S/C19H34O15.C16H32O2/c20-2-7-5(1-6-11(24)13(26)12(25)8(3-21)31-6)10(23)16(29)19(33-7)34-17-9(4-22)32-18(30)15(28)14(17)27;1-2-3-4-5-6-7-8-9-10-11-12-13-14-15-16(17)18/h5-30H,1-4H2;2-15H2,1H3,(H,17,18). The van der Waals surface area contributed by atoms with Gasteiger partial charge in [0.05, 0.1) is 38.1 Å². The molecule has 0 radical (unpaired) electrons. The van der Waals surface area contributed by atoms with Gasteiger partial charge in [0.15, 0.2) is 12.6 Å². The van der Waals surface area contributed by atoms with Crippen LogP contribution in [0.1, 0.15) is 103 Å². The van der Waals surface area contributed by atoms with Crippen LogP contribution in [0.3, 0.4) is 0 Å². The SMILES string of the molecule is CCCCCCCCCCCCCCCC(=O)O.OCC1OC(CC2C(CO)OC(OC3C(CO)OC(O)C(O)C3O)C(O)C2O)C(O)C(O)C1O. The topological polar surface area (TPSA) is 297 Å². The molecule has 308 valence electrons. The molecule has 17 heteroatoms. The number of carbonyl (C=O) groups is 1. The second-order valence-corrected chi connectivity index (χ2v) is 14.2. The summed E-state index contributed by atoms with van der Waals surface area (Å²) in [5, 5.41) is 118. The maximum Gasteiger partial charge on any atom is 0.303 e. The van der Waals surface area contributed by atoms with Crippen molar-refractivity contribution in [1.82, 2.24) is 0 Å². The summed E-state index contributed by atoms with van der Waals surface area (Å²) < 4.78 is 21.4. The van der Waals surface area contributed by atoms with Crippen LogP contribution in [0, 0.1) is 5.92 Å². The highest BCUT2D eigenvalue weighted by Gasteiger charge is 2.52. The number of ether oxygens (including phenoxy) is 4. The van der Waals surface area contributed by atoms with Gasteiger partial charge in [-0.1, -0.05) is 84.0 Å². The molecule has 3 saturated heterocycles. The zero-order chi connectivity index (χ0) is 38.8. The minimum Gasteiger partial charge on any atom is -0.481 e. The third-order valence-electron chi connectivity index (χ3n) is 10.2. The van der Waals surface area contributed by atoms with Gasteiger partial charge in [0.25, 0.3) is 0 Å². The number of rotatable bonds is 21.